The van der Waals surface area contributed by atoms with E-state index in [1.165, 1.54) is 0 Å². The lowest BCUT2D eigenvalue weighted by molar-refractivity contribution is -0.117. The number of fused-ring (bicyclic) bond motifs is 1. The molecule has 3 aromatic carbocycles. The lowest BCUT2D eigenvalue weighted by Gasteiger charge is -2.13. The van der Waals surface area contributed by atoms with Gasteiger partial charge < -0.3 is 20.1 Å². The number of benzene rings is 3. The van der Waals surface area contributed by atoms with Crippen molar-refractivity contribution >= 4 is 39.8 Å². The smallest absolute Gasteiger partial charge is 0.255 e. The first-order valence-corrected chi connectivity index (χ1v) is 11.5. The molecule has 1 fully saturated rings. The molecule has 1 aliphatic carbocycles. The Morgan fingerprint density at radius 3 is 2.18 bits per heavy atom. The van der Waals surface area contributed by atoms with Gasteiger partial charge in [-0.15, -0.1) is 0 Å². The lowest BCUT2D eigenvalue weighted by atomic mass is 10.1. The maximum absolute atomic E-state index is 12.7. The number of hydrogen-bond acceptors (Lipinski definition) is 3. The first-order valence-electron chi connectivity index (χ1n) is 11.5. The molecule has 172 valence electrons. The van der Waals surface area contributed by atoms with E-state index in [1.54, 1.807) is 0 Å². The highest BCUT2D eigenvalue weighted by molar-refractivity contribution is 6.05. The van der Waals surface area contributed by atoms with Gasteiger partial charge in [-0.1, -0.05) is 0 Å². The number of amides is 2. The van der Waals surface area contributed by atoms with Gasteiger partial charge in [-0.05, 0) is 92.6 Å². The molecule has 6 nitrogen and oxygen atoms in total. The van der Waals surface area contributed by atoms with Gasteiger partial charge in [-0.3, -0.25) is 9.59 Å². The standard InChI is InChI=1S/C28H28N4O2/c1-18-16-21-17-23(30-28(34)20-6-11-24(12-7-20)31(2)3)10-15-26(21)32(18)25-13-8-22(9-14-25)29-27(33)19-4-5-19/h6-17,19H,4-5H2,1-3H3,(H,29,33)(H,30,34). The van der Waals surface area contributed by atoms with Crippen LogP contribution in [0.4, 0.5) is 17.1 Å². The van der Waals surface area contributed by atoms with Crippen molar-refractivity contribution in [3.05, 3.63) is 84.1 Å². The first-order chi connectivity index (χ1) is 16.4. The van der Waals surface area contributed by atoms with E-state index in [1.807, 2.05) is 85.7 Å². The zero-order valence-corrected chi connectivity index (χ0v) is 19.6. The summed E-state index contributed by atoms with van der Waals surface area (Å²) in [4.78, 5) is 26.7. The van der Waals surface area contributed by atoms with Gasteiger partial charge in [-0.25, -0.2) is 0 Å². The largest absolute Gasteiger partial charge is 0.378 e. The van der Waals surface area contributed by atoms with Crippen LogP contribution in [0.25, 0.3) is 16.6 Å². The van der Waals surface area contributed by atoms with Crippen molar-refractivity contribution in [1.82, 2.24) is 4.57 Å². The maximum Gasteiger partial charge on any atom is 0.255 e. The number of rotatable bonds is 6. The van der Waals surface area contributed by atoms with Crippen LogP contribution in [-0.4, -0.2) is 30.5 Å². The van der Waals surface area contributed by atoms with Gasteiger partial charge in [0.1, 0.15) is 0 Å². The Balaban J connectivity index is 1.35. The van der Waals surface area contributed by atoms with Crippen LogP contribution in [0.2, 0.25) is 0 Å². The third-order valence-electron chi connectivity index (χ3n) is 6.23. The second-order valence-corrected chi connectivity index (χ2v) is 9.10. The minimum atomic E-state index is -0.135. The maximum atomic E-state index is 12.7. The summed E-state index contributed by atoms with van der Waals surface area (Å²) in [6.45, 7) is 2.06. The quantitative estimate of drug-likeness (QED) is 0.400. The zero-order chi connectivity index (χ0) is 23.8. The molecular weight excluding hydrogens is 424 g/mol. The van der Waals surface area contributed by atoms with E-state index in [-0.39, 0.29) is 17.7 Å². The Kier molecular flexibility index (Phi) is 5.57. The Bertz CT molecular complexity index is 1360. The van der Waals surface area contributed by atoms with Gasteiger partial charge in [-0.2, -0.15) is 0 Å². The summed E-state index contributed by atoms with van der Waals surface area (Å²) in [6, 6.07) is 23.5. The average Bonchev–Trinajstić information content (AvgIpc) is 3.62. The molecule has 34 heavy (non-hydrogen) atoms. The summed E-state index contributed by atoms with van der Waals surface area (Å²) < 4.78 is 2.17. The molecule has 0 aliphatic heterocycles. The molecule has 1 aliphatic rings. The van der Waals surface area contributed by atoms with Crippen LogP contribution >= 0.6 is 0 Å². The second kappa shape index (κ2) is 8.71. The summed E-state index contributed by atoms with van der Waals surface area (Å²) in [5.41, 5.74) is 6.41. The third-order valence-corrected chi connectivity index (χ3v) is 6.23. The fourth-order valence-electron chi connectivity index (χ4n) is 4.17. The minimum absolute atomic E-state index is 0.110. The topological polar surface area (TPSA) is 66.4 Å². The molecule has 0 radical (unpaired) electrons. The van der Waals surface area contributed by atoms with Crippen molar-refractivity contribution in [3.8, 4) is 5.69 Å². The van der Waals surface area contributed by atoms with E-state index >= 15 is 0 Å². The molecule has 6 heteroatoms. The van der Waals surface area contributed by atoms with E-state index in [4.69, 9.17) is 0 Å². The van der Waals surface area contributed by atoms with Crippen molar-refractivity contribution < 1.29 is 9.59 Å². The third kappa shape index (κ3) is 4.39. The molecule has 1 heterocycles. The number of nitrogens with one attached hydrogen (secondary N) is 2. The average molecular weight is 453 g/mol. The number of carbonyl (C=O) groups is 2. The molecule has 1 aromatic heterocycles. The van der Waals surface area contributed by atoms with Gasteiger partial charge in [0.25, 0.3) is 5.91 Å². The molecule has 1 saturated carbocycles. The lowest BCUT2D eigenvalue weighted by Crippen LogP contribution is -2.13. The van der Waals surface area contributed by atoms with Crippen molar-refractivity contribution in [2.45, 2.75) is 19.8 Å². The second-order valence-electron chi connectivity index (χ2n) is 9.10. The van der Waals surface area contributed by atoms with Crippen molar-refractivity contribution in [2.24, 2.45) is 5.92 Å². The highest BCUT2D eigenvalue weighted by Crippen LogP contribution is 2.31. The fraction of sp³-hybridized carbons (Fsp3) is 0.214. The number of carbonyl (C=O) groups excluding carboxylic acids is 2. The Morgan fingerprint density at radius 1 is 0.853 bits per heavy atom. The van der Waals surface area contributed by atoms with Crippen molar-refractivity contribution in [2.75, 3.05) is 29.6 Å². The molecule has 0 atom stereocenters. The van der Waals surface area contributed by atoms with E-state index in [9.17, 15) is 9.59 Å². The molecule has 2 amide bonds. The normalized spacial score (nSPS) is 13.0. The summed E-state index contributed by atoms with van der Waals surface area (Å²) in [6.07, 6.45) is 1.98. The fourth-order valence-corrected chi connectivity index (χ4v) is 4.17. The molecule has 0 unspecified atom stereocenters. The number of aromatic nitrogens is 1. The van der Waals surface area contributed by atoms with E-state index in [0.717, 1.165) is 52.2 Å². The number of nitrogens with zero attached hydrogens (tertiary/aromatic N) is 2. The van der Waals surface area contributed by atoms with Gasteiger partial charge in [0.2, 0.25) is 5.91 Å². The molecule has 4 aromatic rings. The van der Waals surface area contributed by atoms with Crippen LogP contribution in [0.1, 0.15) is 28.9 Å². The number of anilines is 3. The van der Waals surface area contributed by atoms with Crippen LogP contribution in [-0.2, 0) is 4.79 Å². The van der Waals surface area contributed by atoms with Crippen LogP contribution in [0.3, 0.4) is 0 Å². The zero-order valence-electron chi connectivity index (χ0n) is 19.6. The van der Waals surface area contributed by atoms with Crippen molar-refractivity contribution in [1.29, 1.82) is 0 Å². The predicted octanol–water partition coefficient (Wildman–Crippen LogP) is 5.61. The molecule has 0 saturated heterocycles. The Morgan fingerprint density at radius 2 is 1.53 bits per heavy atom. The van der Waals surface area contributed by atoms with Crippen LogP contribution in [0.15, 0.2) is 72.8 Å². The highest BCUT2D eigenvalue weighted by Gasteiger charge is 2.29. The van der Waals surface area contributed by atoms with E-state index in [0.29, 0.717) is 5.56 Å². The molecule has 0 spiro atoms. The molecule has 2 N–H and O–H groups in total. The predicted molar refractivity (Wildman–Crippen MR) is 138 cm³/mol. The van der Waals surface area contributed by atoms with Gasteiger partial charge in [0.15, 0.2) is 0 Å². The summed E-state index contributed by atoms with van der Waals surface area (Å²) in [7, 11) is 3.94. The summed E-state index contributed by atoms with van der Waals surface area (Å²) >= 11 is 0. The van der Waals surface area contributed by atoms with Gasteiger partial charge in [0.05, 0.1) is 5.52 Å². The minimum Gasteiger partial charge on any atom is -0.378 e. The molecule has 5 rings (SSSR count). The van der Waals surface area contributed by atoms with E-state index < -0.39 is 0 Å². The first kappa shape index (κ1) is 21.8. The van der Waals surface area contributed by atoms with Crippen LogP contribution in [0, 0.1) is 12.8 Å². The van der Waals surface area contributed by atoms with E-state index in [2.05, 4.69) is 28.2 Å². The van der Waals surface area contributed by atoms with Gasteiger partial charge >= 0.3 is 0 Å². The Hall–Kier alpha value is -4.06. The van der Waals surface area contributed by atoms with Crippen molar-refractivity contribution in [3.63, 3.8) is 0 Å². The summed E-state index contributed by atoms with van der Waals surface area (Å²) in [5, 5.41) is 7.04. The van der Waals surface area contributed by atoms with Crippen LogP contribution in [0.5, 0.6) is 0 Å². The number of aryl methyl sites for hydroxylation is 1. The Labute approximate surface area is 199 Å². The summed E-state index contributed by atoms with van der Waals surface area (Å²) in [5.74, 6) is 0.158. The molecule has 0 bridgehead atoms. The SMILES string of the molecule is Cc1cc2cc(NC(=O)c3ccc(N(C)C)cc3)ccc2n1-c1ccc(NC(=O)C2CC2)cc1. The number of hydrogen-bond donors (Lipinski definition) is 2. The highest BCUT2D eigenvalue weighted by atomic mass is 16.2. The van der Waals surface area contributed by atoms with Gasteiger partial charge in [0, 0.05) is 59.4 Å². The van der Waals surface area contributed by atoms with Crippen LogP contribution < -0.4 is 15.5 Å². The monoisotopic (exact) mass is 452 g/mol. The molecular formula is C28H28N4O2.